The van der Waals surface area contributed by atoms with Crippen LogP contribution in [0, 0.1) is 5.92 Å². The predicted octanol–water partition coefficient (Wildman–Crippen LogP) is 2.42. The first-order valence-electron chi connectivity index (χ1n) is 7.17. The highest BCUT2D eigenvalue weighted by molar-refractivity contribution is 6.29. The third-order valence-electron chi connectivity index (χ3n) is 4.10. The normalized spacial score (nSPS) is 20.5. The number of piperidine rings is 1. The van der Waals surface area contributed by atoms with E-state index >= 15 is 0 Å². The summed E-state index contributed by atoms with van der Waals surface area (Å²) in [6, 6.07) is 3.83. The van der Waals surface area contributed by atoms with Gasteiger partial charge in [-0.05, 0) is 25.0 Å². The molecule has 2 unspecified atom stereocenters. The van der Waals surface area contributed by atoms with Crippen molar-refractivity contribution < 1.29 is 5.11 Å². The Kier molecular flexibility index (Phi) is 4.12. The van der Waals surface area contributed by atoms with Crippen molar-refractivity contribution in [3.63, 3.8) is 0 Å². The van der Waals surface area contributed by atoms with E-state index in [2.05, 4.69) is 14.9 Å². The van der Waals surface area contributed by atoms with E-state index in [1.165, 1.54) is 0 Å². The molecule has 1 aliphatic heterocycles. The first-order chi connectivity index (χ1) is 10.1. The fourth-order valence-corrected chi connectivity index (χ4v) is 3.13. The lowest BCUT2D eigenvalue weighted by Crippen LogP contribution is -2.38. The lowest BCUT2D eigenvalue weighted by molar-refractivity contribution is 0.0875. The maximum atomic E-state index is 10.6. The summed E-state index contributed by atoms with van der Waals surface area (Å²) in [7, 11) is 1.91. The second kappa shape index (κ2) is 6.03. The van der Waals surface area contributed by atoms with Gasteiger partial charge in [0, 0.05) is 50.3 Å². The van der Waals surface area contributed by atoms with Crippen molar-refractivity contribution in [1.29, 1.82) is 0 Å². The van der Waals surface area contributed by atoms with Crippen LogP contribution in [0.1, 0.15) is 24.8 Å². The molecule has 0 bridgehead atoms. The number of rotatable bonds is 3. The maximum Gasteiger partial charge on any atom is 0.137 e. The van der Waals surface area contributed by atoms with E-state index in [1.54, 1.807) is 12.4 Å². The second-order valence-corrected chi connectivity index (χ2v) is 5.91. The lowest BCUT2D eigenvalue weighted by atomic mass is 9.91. The summed E-state index contributed by atoms with van der Waals surface area (Å²) in [6.07, 6.45) is 6.82. The van der Waals surface area contributed by atoms with Gasteiger partial charge in [-0.3, -0.25) is 0 Å². The Balaban J connectivity index is 1.75. The molecule has 0 radical (unpaired) electrons. The van der Waals surface area contributed by atoms with Crippen molar-refractivity contribution >= 4 is 17.3 Å². The number of nitrogens with zero attached hydrogens (tertiary/aromatic N) is 4. The van der Waals surface area contributed by atoms with Gasteiger partial charge in [-0.15, -0.1) is 0 Å². The van der Waals surface area contributed by atoms with Crippen LogP contribution < -0.4 is 4.90 Å². The van der Waals surface area contributed by atoms with Crippen molar-refractivity contribution in [2.45, 2.75) is 18.9 Å². The molecule has 2 aromatic rings. The van der Waals surface area contributed by atoms with Crippen LogP contribution in [0.15, 0.2) is 30.7 Å². The summed E-state index contributed by atoms with van der Waals surface area (Å²) >= 11 is 5.96. The zero-order chi connectivity index (χ0) is 14.8. The molecule has 0 aliphatic carbocycles. The SMILES string of the molecule is Cn1ccnc1C(O)C1CCCN(c2ccnc(Cl)c2)C1. The number of aryl methyl sites for hydroxylation is 1. The summed E-state index contributed by atoms with van der Waals surface area (Å²) in [4.78, 5) is 10.5. The van der Waals surface area contributed by atoms with Gasteiger partial charge in [0.05, 0.1) is 0 Å². The average Bonchev–Trinajstić information content (AvgIpc) is 2.93. The third kappa shape index (κ3) is 3.04. The van der Waals surface area contributed by atoms with Crippen molar-refractivity contribution in [1.82, 2.24) is 14.5 Å². The molecule has 21 heavy (non-hydrogen) atoms. The predicted molar refractivity (Wildman–Crippen MR) is 82.4 cm³/mol. The third-order valence-corrected chi connectivity index (χ3v) is 4.31. The highest BCUT2D eigenvalue weighted by Gasteiger charge is 2.29. The van der Waals surface area contributed by atoms with Gasteiger partial charge < -0.3 is 14.6 Å². The molecule has 1 fully saturated rings. The molecule has 1 saturated heterocycles. The van der Waals surface area contributed by atoms with Gasteiger partial charge in [0.2, 0.25) is 0 Å². The largest absolute Gasteiger partial charge is 0.385 e. The quantitative estimate of drug-likeness (QED) is 0.885. The molecule has 5 nitrogen and oxygen atoms in total. The first kappa shape index (κ1) is 14.4. The standard InChI is InChI=1S/C15H19ClN4O/c1-19-8-6-18-15(19)14(21)11-3-2-7-20(10-11)12-4-5-17-13(16)9-12/h4-6,8-9,11,14,21H,2-3,7,10H2,1H3. The van der Waals surface area contributed by atoms with Crippen LogP contribution in [0.2, 0.25) is 5.15 Å². The molecule has 1 N–H and O–H groups in total. The Morgan fingerprint density at radius 1 is 1.38 bits per heavy atom. The van der Waals surface area contributed by atoms with Crippen LogP contribution in [0.3, 0.4) is 0 Å². The van der Waals surface area contributed by atoms with Crippen molar-refractivity contribution in [3.8, 4) is 0 Å². The maximum absolute atomic E-state index is 10.6. The molecule has 2 atom stereocenters. The molecule has 0 saturated carbocycles. The number of hydrogen-bond donors (Lipinski definition) is 1. The number of imidazole rings is 1. The minimum atomic E-state index is -0.537. The van der Waals surface area contributed by atoms with Crippen LogP contribution in [-0.2, 0) is 7.05 Å². The molecule has 0 spiro atoms. The van der Waals surface area contributed by atoms with Crippen LogP contribution >= 0.6 is 11.6 Å². The fourth-order valence-electron chi connectivity index (χ4n) is 2.96. The molecule has 0 amide bonds. The van der Waals surface area contributed by atoms with Crippen LogP contribution in [-0.4, -0.2) is 32.7 Å². The lowest BCUT2D eigenvalue weighted by Gasteiger charge is -2.36. The molecule has 2 aromatic heterocycles. The Morgan fingerprint density at radius 3 is 2.95 bits per heavy atom. The van der Waals surface area contributed by atoms with Gasteiger partial charge >= 0.3 is 0 Å². The fraction of sp³-hybridized carbons (Fsp3) is 0.467. The highest BCUT2D eigenvalue weighted by atomic mass is 35.5. The molecule has 1 aliphatic rings. The monoisotopic (exact) mass is 306 g/mol. The van der Waals surface area contributed by atoms with Gasteiger partial charge in [-0.25, -0.2) is 9.97 Å². The van der Waals surface area contributed by atoms with Crippen molar-refractivity contribution in [3.05, 3.63) is 41.7 Å². The number of pyridine rings is 1. The molecule has 112 valence electrons. The van der Waals surface area contributed by atoms with E-state index in [4.69, 9.17) is 11.6 Å². The molecule has 3 rings (SSSR count). The smallest absolute Gasteiger partial charge is 0.137 e. The van der Waals surface area contributed by atoms with E-state index < -0.39 is 6.10 Å². The highest BCUT2D eigenvalue weighted by Crippen LogP contribution is 2.31. The minimum Gasteiger partial charge on any atom is -0.385 e. The van der Waals surface area contributed by atoms with E-state index in [-0.39, 0.29) is 5.92 Å². The van der Waals surface area contributed by atoms with Crippen LogP contribution in [0.25, 0.3) is 0 Å². The summed E-state index contributed by atoms with van der Waals surface area (Å²) in [6.45, 7) is 1.78. The number of hydrogen-bond acceptors (Lipinski definition) is 4. The Morgan fingerprint density at radius 2 is 2.24 bits per heavy atom. The number of aliphatic hydroxyl groups is 1. The van der Waals surface area contributed by atoms with Gasteiger partial charge in [0.25, 0.3) is 0 Å². The van der Waals surface area contributed by atoms with Gasteiger partial charge in [0.1, 0.15) is 17.1 Å². The van der Waals surface area contributed by atoms with Gasteiger partial charge in [-0.2, -0.15) is 0 Å². The number of halogens is 1. The molecular weight excluding hydrogens is 288 g/mol. The zero-order valence-corrected chi connectivity index (χ0v) is 12.7. The summed E-state index contributed by atoms with van der Waals surface area (Å²) < 4.78 is 1.88. The Labute approximate surface area is 129 Å². The van der Waals surface area contributed by atoms with Gasteiger partial charge in [0.15, 0.2) is 0 Å². The summed E-state index contributed by atoms with van der Waals surface area (Å²) in [5.74, 6) is 0.904. The minimum absolute atomic E-state index is 0.173. The van der Waals surface area contributed by atoms with E-state index in [0.717, 1.165) is 37.4 Å². The van der Waals surface area contributed by atoms with Crippen LogP contribution in [0.5, 0.6) is 0 Å². The number of aliphatic hydroxyl groups excluding tert-OH is 1. The van der Waals surface area contributed by atoms with E-state index in [1.807, 2.05) is 29.9 Å². The van der Waals surface area contributed by atoms with E-state index in [9.17, 15) is 5.11 Å². The summed E-state index contributed by atoms with van der Waals surface area (Å²) in [5, 5.41) is 11.1. The molecule has 3 heterocycles. The first-order valence-corrected chi connectivity index (χ1v) is 7.55. The molecular formula is C15H19ClN4O. The van der Waals surface area contributed by atoms with E-state index in [0.29, 0.717) is 5.15 Å². The average molecular weight is 307 g/mol. The van der Waals surface area contributed by atoms with Gasteiger partial charge in [-0.1, -0.05) is 11.6 Å². The summed E-state index contributed by atoms with van der Waals surface area (Å²) in [5.41, 5.74) is 1.06. The number of anilines is 1. The number of aromatic nitrogens is 3. The Hall–Kier alpha value is -1.59. The van der Waals surface area contributed by atoms with Crippen molar-refractivity contribution in [2.75, 3.05) is 18.0 Å². The Bertz CT molecular complexity index is 615. The molecule has 6 heteroatoms. The molecule has 0 aromatic carbocycles. The topological polar surface area (TPSA) is 54.2 Å². The van der Waals surface area contributed by atoms with Crippen LogP contribution in [0.4, 0.5) is 5.69 Å². The van der Waals surface area contributed by atoms with Crippen molar-refractivity contribution in [2.24, 2.45) is 13.0 Å². The zero-order valence-electron chi connectivity index (χ0n) is 12.0. The second-order valence-electron chi connectivity index (χ2n) is 5.53.